The van der Waals surface area contributed by atoms with Gasteiger partial charge in [-0.2, -0.15) is 4.98 Å². The molecular formula is C17H20N4O2. The molecule has 0 bridgehead atoms. The van der Waals surface area contributed by atoms with Gasteiger partial charge in [-0.05, 0) is 44.2 Å². The molecule has 6 heteroatoms. The maximum atomic E-state index is 12.6. The number of hydrogen-bond donors (Lipinski definition) is 0. The second kappa shape index (κ2) is 5.76. The van der Waals surface area contributed by atoms with E-state index in [-0.39, 0.29) is 5.91 Å². The minimum absolute atomic E-state index is 0.0740. The Morgan fingerprint density at radius 3 is 3.04 bits per heavy atom. The summed E-state index contributed by atoms with van der Waals surface area (Å²) in [6.45, 7) is 3.41. The molecule has 2 fully saturated rings. The van der Waals surface area contributed by atoms with Crippen molar-refractivity contribution >= 4 is 5.91 Å². The zero-order chi connectivity index (χ0) is 15.8. The maximum Gasteiger partial charge on any atom is 0.255 e. The number of amides is 1. The van der Waals surface area contributed by atoms with E-state index in [0.29, 0.717) is 17.4 Å². The Morgan fingerprint density at radius 1 is 1.39 bits per heavy atom. The van der Waals surface area contributed by atoms with Crippen LogP contribution in [0.3, 0.4) is 0 Å². The average molecular weight is 312 g/mol. The van der Waals surface area contributed by atoms with Crippen LogP contribution in [0, 0.1) is 12.8 Å². The predicted octanol–water partition coefficient (Wildman–Crippen LogP) is 2.36. The first-order valence-corrected chi connectivity index (χ1v) is 8.24. The lowest BCUT2D eigenvalue weighted by atomic mass is 10.0. The number of rotatable bonds is 4. The average Bonchev–Trinajstić information content (AvgIpc) is 3.12. The summed E-state index contributed by atoms with van der Waals surface area (Å²) in [4.78, 5) is 23.2. The van der Waals surface area contributed by atoms with Crippen LogP contribution < -0.4 is 0 Å². The second-order valence-electron chi connectivity index (χ2n) is 6.57. The monoisotopic (exact) mass is 312 g/mol. The molecule has 1 saturated carbocycles. The van der Waals surface area contributed by atoms with Crippen molar-refractivity contribution in [1.29, 1.82) is 0 Å². The van der Waals surface area contributed by atoms with Gasteiger partial charge in [0.05, 0.1) is 5.56 Å². The number of likely N-dealkylation sites (tertiary alicyclic amines) is 1. The van der Waals surface area contributed by atoms with Gasteiger partial charge in [-0.3, -0.25) is 9.78 Å². The van der Waals surface area contributed by atoms with Crippen LogP contribution in [0.1, 0.15) is 52.9 Å². The Labute approximate surface area is 134 Å². The second-order valence-corrected chi connectivity index (χ2v) is 6.57. The number of carbonyl (C=O) groups excluding carboxylic acids is 1. The van der Waals surface area contributed by atoms with Gasteiger partial charge in [0.25, 0.3) is 5.91 Å². The van der Waals surface area contributed by atoms with Crippen LogP contribution in [-0.2, 0) is 6.42 Å². The summed E-state index contributed by atoms with van der Waals surface area (Å²) in [7, 11) is 0. The van der Waals surface area contributed by atoms with Crippen molar-refractivity contribution < 1.29 is 9.32 Å². The van der Waals surface area contributed by atoms with Crippen molar-refractivity contribution in [3.05, 3.63) is 41.3 Å². The van der Waals surface area contributed by atoms with Gasteiger partial charge in [0, 0.05) is 37.3 Å². The zero-order valence-electron chi connectivity index (χ0n) is 13.2. The number of pyridine rings is 1. The Morgan fingerprint density at radius 2 is 2.26 bits per heavy atom. The molecule has 0 N–H and O–H groups in total. The lowest BCUT2D eigenvalue weighted by molar-refractivity contribution is 0.0785. The summed E-state index contributed by atoms with van der Waals surface area (Å²) in [5.74, 6) is 2.54. The van der Waals surface area contributed by atoms with Crippen molar-refractivity contribution in [2.45, 2.75) is 38.5 Å². The molecule has 3 heterocycles. The highest BCUT2D eigenvalue weighted by Gasteiger charge is 2.32. The summed E-state index contributed by atoms with van der Waals surface area (Å²) < 4.78 is 5.31. The van der Waals surface area contributed by atoms with E-state index in [2.05, 4.69) is 15.1 Å². The predicted molar refractivity (Wildman–Crippen MR) is 83.0 cm³/mol. The van der Waals surface area contributed by atoms with Gasteiger partial charge in [-0.15, -0.1) is 0 Å². The molecule has 4 rings (SSSR count). The fourth-order valence-electron chi connectivity index (χ4n) is 3.17. The van der Waals surface area contributed by atoms with E-state index < -0.39 is 0 Å². The number of carbonyl (C=O) groups is 1. The molecule has 6 nitrogen and oxygen atoms in total. The van der Waals surface area contributed by atoms with Gasteiger partial charge >= 0.3 is 0 Å². The smallest absolute Gasteiger partial charge is 0.255 e. The molecule has 1 saturated heterocycles. The number of aromatic nitrogens is 3. The van der Waals surface area contributed by atoms with E-state index in [1.807, 2.05) is 24.0 Å². The third-order valence-corrected chi connectivity index (χ3v) is 4.69. The molecule has 1 aliphatic heterocycles. The minimum atomic E-state index is 0.0740. The van der Waals surface area contributed by atoms with E-state index in [1.54, 1.807) is 6.20 Å². The highest BCUT2D eigenvalue weighted by atomic mass is 16.5. The van der Waals surface area contributed by atoms with Gasteiger partial charge in [0.1, 0.15) is 0 Å². The van der Waals surface area contributed by atoms with Crippen LogP contribution in [-0.4, -0.2) is 39.0 Å². The lowest BCUT2D eigenvalue weighted by Crippen LogP contribution is -2.29. The topological polar surface area (TPSA) is 72.1 Å². The largest absolute Gasteiger partial charge is 0.339 e. The molecule has 2 aromatic heterocycles. The first-order valence-electron chi connectivity index (χ1n) is 8.24. The SMILES string of the molecule is Cc1ncccc1C(=O)N1CCC(Cc2noc(C3CC3)n2)C1. The van der Waals surface area contributed by atoms with Crippen LogP contribution in [0.2, 0.25) is 0 Å². The zero-order valence-corrected chi connectivity index (χ0v) is 13.2. The third-order valence-electron chi connectivity index (χ3n) is 4.69. The molecule has 0 aromatic carbocycles. The van der Waals surface area contributed by atoms with Gasteiger partial charge in [-0.25, -0.2) is 0 Å². The summed E-state index contributed by atoms with van der Waals surface area (Å²) in [5.41, 5.74) is 1.48. The molecule has 2 aliphatic rings. The van der Waals surface area contributed by atoms with Crippen molar-refractivity contribution in [2.75, 3.05) is 13.1 Å². The fourth-order valence-corrected chi connectivity index (χ4v) is 3.17. The van der Waals surface area contributed by atoms with E-state index >= 15 is 0 Å². The molecule has 23 heavy (non-hydrogen) atoms. The maximum absolute atomic E-state index is 12.6. The minimum Gasteiger partial charge on any atom is -0.339 e. The Bertz CT molecular complexity index is 723. The van der Waals surface area contributed by atoms with E-state index in [4.69, 9.17) is 4.52 Å². The summed E-state index contributed by atoms with van der Waals surface area (Å²) in [5, 5.41) is 4.08. The number of nitrogens with zero attached hydrogens (tertiary/aromatic N) is 4. The quantitative estimate of drug-likeness (QED) is 0.866. The fraction of sp³-hybridized carbons (Fsp3) is 0.529. The van der Waals surface area contributed by atoms with Gasteiger partial charge in [0.2, 0.25) is 5.89 Å². The van der Waals surface area contributed by atoms with Crippen molar-refractivity contribution in [3.8, 4) is 0 Å². The Kier molecular flexibility index (Phi) is 3.59. The van der Waals surface area contributed by atoms with Crippen molar-refractivity contribution in [3.63, 3.8) is 0 Å². The first-order chi connectivity index (χ1) is 11.2. The number of aryl methyl sites for hydroxylation is 1. The summed E-state index contributed by atoms with van der Waals surface area (Å²) in [6.07, 6.45) is 5.81. The van der Waals surface area contributed by atoms with E-state index in [9.17, 15) is 4.79 Å². The third kappa shape index (κ3) is 2.98. The van der Waals surface area contributed by atoms with Crippen LogP contribution in [0.15, 0.2) is 22.9 Å². The molecule has 2 aromatic rings. The van der Waals surface area contributed by atoms with Crippen LogP contribution >= 0.6 is 0 Å². The molecule has 1 aliphatic carbocycles. The molecule has 0 spiro atoms. The van der Waals surface area contributed by atoms with E-state index in [1.165, 1.54) is 0 Å². The molecule has 1 unspecified atom stereocenters. The van der Waals surface area contributed by atoms with E-state index in [0.717, 1.165) is 56.2 Å². The molecule has 1 atom stereocenters. The summed E-state index contributed by atoms with van der Waals surface area (Å²) >= 11 is 0. The first kappa shape index (κ1) is 14.4. The molecular weight excluding hydrogens is 292 g/mol. The van der Waals surface area contributed by atoms with Crippen LogP contribution in [0.5, 0.6) is 0 Å². The normalized spacial score (nSPS) is 20.9. The molecule has 0 radical (unpaired) electrons. The Balaban J connectivity index is 1.38. The molecule has 1 amide bonds. The van der Waals surface area contributed by atoms with Gasteiger partial charge in [0.15, 0.2) is 5.82 Å². The van der Waals surface area contributed by atoms with Crippen molar-refractivity contribution in [1.82, 2.24) is 20.0 Å². The van der Waals surface area contributed by atoms with Crippen LogP contribution in [0.4, 0.5) is 0 Å². The number of hydrogen-bond acceptors (Lipinski definition) is 5. The van der Waals surface area contributed by atoms with Crippen LogP contribution in [0.25, 0.3) is 0 Å². The standard InChI is InChI=1S/C17H20N4O2/c1-11-14(3-2-7-18-11)17(22)21-8-6-12(10-21)9-15-19-16(23-20-15)13-4-5-13/h2-3,7,12-13H,4-6,8-10H2,1H3. The highest BCUT2D eigenvalue weighted by molar-refractivity contribution is 5.95. The van der Waals surface area contributed by atoms with Crippen molar-refractivity contribution in [2.24, 2.45) is 5.92 Å². The summed E-state index contributed by atoms with van der Waals surface area (Å²) in [6, 6.07) is 3.66. The Hall–Kier alpha value is -2.24. The lowest BCUT2D eigenvalue weighted by Gasteiger charge is -2.17. The van der Waals surface area contributed by atoms with Gasteiger partial charge in [-0.1, -0.05) is 5.16 Å². The highest BCUT2D eigenvalue weighted by Crippen LogP contribution is 2.39. The van der Waals surface area contributed by atoms with Gasteiger partial charge < -0.3 is 9.42 Å². The molecule has 120 valence electrons.